The second kappa shape index (κ2) is 4.64. The van der Waals surface area contributed by atoms with Gasteiger partial charge in [-0.3, -0.25) is 0 Å². The summed E-state index contributed by atoms with van der Waals surface area (Å²) in [5.74, 6) is 0. The summed E-state index contributed by atoms with van der Waals surface area (Å²) in [5, 5.41) is 12.6. The summed E-state index contributed by atoms with van der Waals surface area (Å²) in [5.41, 5.74) is -0.328. The van der Waals surface area contributed by atoms with Crippen LogP contribution in [-0.4, -0.2) is 5.11 Å². The van der Waals surface area contributed by atoms with Gasteiger partial charge in [0.15, 0.2) is 0 Å². The quantitative estimate of drug-likeness (QED) is 0.717. The molecule has 1 atom stereocenters. The van der Waals surface area contributed by atoms with E-state index in [1.807, 2.05) is 36.4 Å². The predicted octanol–water partition coefficient (Wildman–Crippen LogP) is 4.81. The Kier molecular flexibility index (Phi) is 3.09. The van der Waals surface area contributed by atoms with Crippen LogP contribution in [0.15, 0.2) is 54.6 Å². The Bertz CT molecular complexity index is 697. The van der Waals surface area contributed by atoms with E-state index in [1.165, 1.54) is 4.70 Å². The van der Waals surface area contributed by atoms with Crippen molar-refractivity contribution in [1.82, 2.24) is 0 Å². The molecule has 1 unspecified atom stereocenters. The Labute approximate surface area is 121 Å². The van der Waals surface area contributed by atoms with Crippen molar-refractivity contribution < 1.29 is 5.11 Å². The number of hydrogen-bond acceptors (Lipinski definition) is 2. The summed E-state index contributed by atoms with van der Waals surface area (Å²) in [6, 6.07) is 17.6. The minimum atomic E-state index is -1.07. The van der Waals surface area contributed by atoms with E-state index in [2.05, 4.69) is 12.1 Å². The third-order valence-corrected chi connectivity index (χ3v) is 4.96. The lowest BCUT2D eigenvalue weighted by atomic mass is 9.94. The van der Waals surface area contributed by atoms with Crippen molar-refractivity contribution >= 4 is 33.0 Å². The minimum Gasteiger partial charge on any atom is -0.380 e. The van der Waals surface area contributed by atoms with Gasteiger partial charge in [-0.25, -0.2) is 0 Å². The lowest BCUT2D eigenvalue weighted by molar-refractivity contribution is 0.106. The van der Waals surface area contributed by atoms with Gasteiger partial charge in [-0.1, -0.05) is 48.0 Å². The fourth-order valence-electron chi connectivity index (χ4n) is 2.21. The van der Waals surface area contributed by atoms with E-state index < -0.39 is 5.60 Å². The van der Waals surface area contributed by atoms with Crippen LogP contribution < -0.4 is 0 Å². The van der Waals surface area contributed by atoms with Gasteiger partial charge in [0.05, 0.1) is 0 Å². The Hall–Kier alpha value is -1.35. The van der Waals surface area contributed by atoms with E-state index in [-0.39, 0.29) is 0 Å². The van der Waals surface area contributed by atoms with Crippen molar-refractivity contribution in [3.8, 4) is 0 Å². The zero-order valence-corrected chi connectivity index (χ0v) is 12.0. The van der Waals surface area contributed by atoms with Gasteiger partial charge >= 0.3 is 0 Å². The van der Waals surface area contributed by atoms with E-state index >= 15 is 0 Å². The number of benzene rings is 2. The summed E-state index contributed by atoms with van der Waals surface area (Å²) in [6.07, 6.45) is 0. The highest BCUT2D eigenvalue weighted by Crippen LogP contribution is 2.39. The number of halogens is 1. The Morgan fingerprint density at radius 2 is 1.74 bits per heavy atom. The molecule has 0 aliphatic rings. The topological polar surface area (TPSA) is 20.2 Å². The molecule has 3 heteroatoms. The van der Waals surface area contributed by atoms with Gasteiger partial charge in [-0.05, 0) is 30.5 Å². The molecule has 3 rings (SSSR count). The zero-order valence-electron chi connectivity index (χ0n) is 10.4. The molecule has 3 aromatic rings. The van der Waals surface area contributed by atoms with Gasteiger partial charge in [0.25, 0.3) is 0 Å². The highest BCUT2D eigenvalue weighted by Gasteiger charge is 2.29. The van der Waals surface area contributed by atoms with Crippen LogP contribution >= 0.6 is 22.9 Å². The van der Waals surface area contributed by atoms with Crippen molar-refractivity contribution in [2.75, 3.05) is 0 Å². The second-order valence-electron chi connectivity index (χ2n) is 4.70. The van der Waals surface area contributed by atoms with Crippen LogP contribution in [0.2, 0.25) is 5.02 Å². The monoisotopic (exact) mass is 288 g/mol. The number of hydrogen-bond donors (Lipinski definition) is 1. The first-order valence-electron chi connectivity index (χ1n) is 6.05. The first-order chi connectivity index (χ1) is 9.09. The van der Waals surface area contributed by atoms with Crippen LogP contribution in [0.5, 0.6) is 0 Å². The molecule has 0 saturated carbocycles. The van der Waals surface area contributed by atoms with Crippen LogP contribution in [0.3, 0.4) is 0 Å². The first-order valence-corrected chi connectivity index (χ1v) is 7.25. The second-order valence-corrected chi connectivity index (χ2v) is 6.19. The Morgan fingerprint density at radius 1 is 1.05 bits per heavy atom. The zero-order chi connectivity index (χ0) is 13.5. The highest BCUT2D eigenvalue weighted by atomic mass is 35.5. The largest absolute Gasteiger partial charge is 0.380 e. The molecular weight excluding hydrogens is 276 g/mol. The number of thiophene rings is 1. The fourth-order valence-corrected chi connectivity index (χ4v) is 3.65. The third kappa shape index (κ3) is 2.16. The normalized spacial score (nSPS) is 14.5. The standard InChI is InChI=1S/C16H13ClOS/c1-16(18,12-7-3-4-8-13(12)17)15-10-11-6-2-5-9-14(11)19-15/h2-10,18H,1H3. The van der Waals surface area contributed by atoms with Gasteiger partial charge in [-0.15, -0.1) is 11.3 Å². The molecule has 0 fully saturated rings. The number of fused-ring (bicyclic) bond motifs is 1. The summed E-state index contributed by atoms with van der Waals surface area (Å²) >= 11 is 7.80. The number of aliphatic hydroxyl groups is 1. The molecule has 1 heterocycles. The van der Waals surface area contributed by atoms with Crippen LogP contribution in [-0.2, 0) is 5.60 Å². The maximum Gasteiger partial charge on any atom is 0.122 e. The average Bonchev–Trinajstić information content (AvgIpc) is 2.83. The van der Waals surface area contributed by atoms with Crippen LogP contribution in [0.1, 0.15) is 17.4 Å². The first kappa shape index (κ1) is 12.7. The molecule has 96 valence electrons. The molecule has 1 nitrogen and oxygen atoms in total. The summed E-state index contributed by atoms with van der Waals surface area (Å²) in [7, 11) is 0. The maximum absolute atomic E-state index is 10.9. The van der Waals surface area contributed by atoms with Crippen LogP contribution in [0.25, 0.3) is 10.1 Å². The molecule has 1 N–H and O–H groups in total. The molecule has 0 radical (unpaired) electrons. The highest BCUT2D eigenvalue weighted by molar-refractivity contribution is 7.19. The molecule has 0 aliphatic heterocycles. The van der Waals surface area contributed by atoms with E-state index in [0.29, 0.717) is 5.02 Å². The summed E-state index contributed by atoms with van der Waals surface area (Å²) in [4.78, 5) is 0.904. The molecular formula is C16H13ClOS. The SMILES string of the molecule is CC(O)(c1cc2ccccc2s1)c1ccccc1Cl. The summed E-state index contributed by atoms with van der Waals surface area (Å²) < 4.78 is 1.17. The van der Waals surface area contributed by atoms with Crippen molar-refractivity contribution in [1.29, 1.82) is 0 Å². The van der Waals surface area contributed by atoms with Crippen LogP contribution in [0, 0.1) is 0 Å². The lowest BCUT2D eigenvalue weighted by Gasteiger charge is -2.23. The van der Waals surface area contributed by atoms with Gasteiger partial charge in [0.1, 0.15) is 5.60 Å². The van der Waals surface area contributed by atoms with Crippen molar-refractivity contribution in [2.45, 2.75) is 12.5 Å². The van der Waals surface area contributed by atoms with Crippen molar-refractivity contribution in [3.63, 3.8) is 0 Å². The van der Waals surface area contributed by atoms with E-state index in [0.717, 1.165) is 15.8 Å². The molecule has 19 heavy (non-hydrogen) atoms. The van der Waals surface area contributed by atoms with Crippen molar-refractivity contribution in [2.24, 2.45) is 0 Å². The molecule has 0 spiro atoms. The van der Waals surface area contributed by atoms with E-state index in [9.17, 15) is 5.11 Å². The van der Waals surface area contributed by atoms with E-state index in [4.69, 9.17) is 11.6 Å². The lowest BCUT2D eigenvalue weighted by Crippen LogP contribution is -2.21. The molecule has 2 aromatic carbocycles. The maximum atomic E-state index is 10.9. The molecule has 0 bridgehead atoms. The van der Waals surface area contributed by atoms with E-state index in [1.54, 1.807) is 24.3 Å². The van der Waals surface area contributed by atoms with Crippen LogP contribution in [0.4, 0.5) is 0 Å². The van der Waals surface area contributed by atoms with Crippen molar-refractivity contribution in [3.05, 3.63) is 70.1 Å². The van der Waals surface area contributed by atoms with Gasteiger partial charge in [0.2, 0.25) is 0 Å². The summed E-state index contributed by atoms with van der Waals surface area (Å²) in [6.45, 7) is 1.79. The smallest absolute Gasteiger partial charge is 0.122 e. The predicted molar refractivity (Wildman–Crippen MR) is 81.9 cm³/mol. The van der Waals surface area contributed by atoms with Gasteiger partial charge < -0.3 is 5.11 Å². The third-order valence-electron chi connectivity index (χ3n) is 3.30. The van der Waals surface area contributed by atoms with Gasteiger partial charge in [-0.2, -0.15) is 0 Å². The Balaban J connectivity index is 2.16. The molecule has 0 saturated heterocycles. The average molecular weight is 289 g/mol. The minimum absolute atomic E-state index is 0.588. The molecule has 1 aromatic heterocycles. The molecule has 0 aliphatic carbocycles. The van der Waals surface area contributed by atoms with Gasteiger partial charge in [0, 0.05) is 20.2 Å². The Morgan fingerprint density at radius 3 is 2.47 bits per heavy atom. The fraction of sp³-hybridized carbons (Fsp3) is 0.125. The number of rotatable bonds is 2. The molecule has 0 amide bonds.